The van der Waals surface area contributed by atoms with E-state index >= 15 is 0 Å². The standard InChI is InChI=1S/C20H18ClNO2/c1-11-17(21)10-9-15-12-7-4-8-13(12)19(22-18(11)15)14-5-2-3-6-16(14)20(23)24/h2-7,9-10,12-13,19,22H,8H2,1H3,(H,23,24)/t12-,13+,19+/m1/s1. The van der Waals surface area contributed by atoms with Crippen molar-refractivity contribution in [2.45, 2.75) is 25.3 Å². The van der Waals surface area contributed by atoms with E-state index in [-0.39, 0.29) is 6.04 Å². The van der Waals surface area contributed by atoms with Gasteiger partial charge in [-0.3, -0.25) is 0 Å². The Morgan fingerprint density at radius 1 is 1.21 bits per heavy atom. The van der Waals surface area contributed by atoms with Gasteiger partial charge in [-0.25, -0.2) is 4.79 Å². The Bertz CT molecular complexity index is 859. The number of fused-ring (bicyclic) bond motifs is 3. The number of aromatic carboxylic acids is 1. The lowest BCUT2D eigenvalue weighted by molar-refractivity contribution is 0.0694. The number of carboxylic acid groups (broad SMARTS) is 1. The van der Waals surface area contributed by atoms with E-state index in [1.54, 1.807) is 12.1 Å². The molecule has 3 nitrogen and oxygen atoms in total. The van der Waals surface area contributed by atoms with Gasteiger partial charge < -0.3 is 10.4 Å². The van der Waals surface area contributed by atoms with Crippen LogP contribution in [0, 0.1) is 12.8 Å². The fraction of sp³-hybridized carbons (Fsp3) is 0.250. The first-order valence-electron chi connectivity index (χ1n) is 8.12. The molecule has 2 aliphatic rings. The molecule has 1 aliphatic heterocycles. The highest BCUT2D eigenvalue weighted by atomic mass is 35.5. The van der Waals surface area contributed by atoms with Gasteiger partial charge in [0.25, 0.3) is 0 Å². The van der Waals surface area contributed by atoms with E-state index in [9.17, 15) is 9.90 Å². The lowest BCUT2D eigenvalue weighted by atomic mass is 9.75. The van der Waals surface area contributed by atoms with Crippen LogP contribution in [0.3, 0.4) is 0 Å². The van der Waals surface area contributed by atoms with Crippen LogP contribution in [0.2, 0.25) is 5.02 Å². The number of nitrogens with one attached hydrogen (secondary N) is 1. The van der Waals surface area contributed by atoms with Crippen LogP contribution in [0.4, 0.5) is 5.69 Å². The van der Waals surface area contributed by atoms with Crippen molar-refractivity contribution < 1.29 is 9.90 Å². The number of hydrogen-bond acceptors (Lipinski definition) is 2. The van der Waals surface area contributed by atoms with E-state index in [1.807, 2.05) is 25.1 Å². The summed E-state index contributed by atoms with van der Waals surface area (Å²) in [5.41, 5.74) is 4.52. The van der Waals surface area contributed by atoms with Gasteiger partial charge in [-0.1, -0.05) is 48.0 Å². The first kappa shape index (κ1) is 15.3. The predicted octanol–water partition coefficient (Wildman–Crippen LogP) is 5.17. The molecule has 2 aromatic carbocycles. The molecular weight excluding hydrogens is 322 g/mol. The summed E-state index contributed by atoms with van der Waals surface area (Å²) >= 11 is 6.31. The first-order valence-corrected chi connectivity index (χ1v) is 8.50. The van der Waals surface area contributed by atoms with E-state index in [0.717, 1.165) is 28.3 Å². The summed E-state index contributed by atoms with van der Waals surface area (Å²) in [6.07, 6.45) is 5.39. The maximum absolute atomic E-state index is 11.7. The Kier molecular flexibility index (Phi) is 3.61. The number of halogens is 1. The molecule has 0 bridgehead atoms. The predicted molar refractivity (Wildman–Crippen MR) is 95.9 cm³/mol. The van der Waals surface area contributed by atoms with E-state index in [1.165, 1.54) is 5.56 Å². The van der Waals surface area contributed by atoms with Gasteiger partial charge in [-0.2, -0.15) is 0 Å². The molecule has 0 aromatic heterocycles. The summed E-state index contributed by atoms with van der Waals surface area (Å²) in [6, 6.07) is 11.3. The van der Waals surface area contributed by atoms with Gasteiger partial charge in [0.2, 0.25) is 0 Å². The van der Waals surface area contributed by atoms with Crippen molar-refractivity contribution in [2.24, 2.45) is 5.92 Å². The number of allylic oxidation sites excluding steroid dienone is 2. The van der Waals surface area contributed by atoms with Gasteiger partial charge in [0.05, 0.1) is 11.6 Å². The number of rotatable bonds is 2. The molecule has 0 spiro atoms. The summed E-state index contributed by atoms with van der Waals surface area (Å²) in [7, 11) is 0. The minimum absolute atomic E-state index is 0.0398. The van der Waals surface area contributed by atoms with E-state index in [4.69, 9.17) is 11.6 Å². The number of anilines is 1. The van der Waals surface area contributed by atoms with Gasteiger partial charge >= 0.3 is 5.97 Å². The highest BCUT2D eigenvalue weighted by Gasteiger charge is 2.39. The maximum Gasteiger partial charge on any atom is 0.336 e. The highest BCUT2D eigenvalue weighted by molar-refractivity contribution is 6.31. The molecule has 4 rings (SSSR count). The topological polar surface area (TPSA) is 49.3 Å². The van der Waals surface area contributed by atoms with Gasteiger partial charge in [-0.05, 0) is 48.1 Å². The third-order valence-electron chi connectivity index (χ3n) is 5.26. The fourth-order valence-electron chi connectivity index (χ4n) is 4.06. The van der Waals surface area contributed by atoms with Crippen LogP contribution in [-0.4, -0.2) is 11.1 Å². The van der Waals surface area contributed by atoms with Gasteiger partial charge in [0, 0.05) is 16.6 Å². The molecule has 2 aromatic rings. The van der Waals surface area contributed by atoms with Crippen molar-refractivity contribution in [1.29, 1.82) is 0 Å². The second kappa shape index (κ2) is 5.67. The number of hydrogen-bond donors (Lipinski definition) is 2. The lowest BCUT2D eigenvalue weighted by Crippen LogP contribution is -2.30. The van der Waals surface area contributed by atoms with Crippen LogP contribution in [0.5, 0.6) is 0 Å². The Balaban J connectivity index is 1.87. The number of carboxylic acids is 1. The lowest BCUT2D eigenvalue weighted by Gasteiger charge is -2.39. The molecule has 4 heteroatoms. The van der Waals surface area contributed by atoms with Crippen molar-refractivity contribution in [3.05, 3.63) is 75.8 Å². The average molecular weight is 340 g/mol. The molecule has 2 N–H and O–H groups in total. The van der Waals surface area contributed by atoms with Crippen LogP contribution in [0.1, 0.15) is 45.4 Å². The Labute approximate surface area is 146 Å². The average Bonchev–Trinajstić information content (AvgIpc) is 3.07. The summed E-state index contributed by atoms with van der Waals surface area (Å²) in [6.45, 7) is 2.01. The van der Waals surface area contributed by atoms with Gasteiger partial charge in [-0.15, -0.1) is 0 Å². The summed E-state index contributed by atoms with van der Waals surface area (Å²) in [4.78, 5) is 11.7. The molecule has 1 aliphatic carbocycles. The van der Waals surface area contributed by atoms with Gasteiger partial charge in [0.15, 0.2) is 0 Å². The smallest absolute Gasteiger partial charge is 0.336 e. The van der Waals surface area contributed by atoms with E-state index in [2.05, 4.69) is 23.5 Å². The summed E-state index contributed by atoms with van der Waals surface area (Å²) < 4.78 is 0. The normalized spacial score (nSPS) is 24.2. The molecule has 24 heavy (non-hydrogen) atoms. The molecular formula is C20H18ClNO2. The molecule has 0 saturated heterocycles. The van der Waals surface area contributed by atoms with Crippen molar-refractivity contribution >= 4 is 23.3 Å². The fourth-order valence-corrected chi connectivity index (χ4v) is 4.22. The SMILES string of the molecule is Cc1c(Cl)ccc2c1N[C@H](c1ccccc1C(=O)O)[C@H]1CC=C[C@@H]21. The third kappa shape index (κ3) is 2.23. The van der Waals surface area contributed by atoms with Gasteiger partial charge in [0.1, 0.15) is 0 Å². The van der Waals surface area contributed by atoms with Crippen LogP contribution in [-0.2, 0) is 0 Å². The monoisotopic (exact) mass is 339 g/mol. The minimum Gasteiger partial charge on any atom is -0.478 e. The maximum atomic E-state index is 11.7. The highest BCUT2D eigenvalue weighted by Crippen LogP contribution is 2.51. The van der Waals surface area contributed by atoms with Crippen LogP contribution in [0.25, 0.3) is 0 Å². The first-order chi connectivity index (χ1) is 11.6. The molecule has 0 unspecified atom stereocenters. The zero-order valence-corrected chi connectivity index (χ0v) is 14.0. The molecule has 1 heterocycles. The second-order valence-corrected chi connectivity index (χ2v) is 6.91. The third-order valence-corrected chi connectivity index (χ3v) is 5.67. The molecule has 122 valence electrons. The van der Waals surface area contributed by atoms with Crippen LogP contribution >= 0.6 is 11.6 Å². The van der Waals surface area contributed by atoms with Crippen LogP contribution < -0.4 is 5.32 Å². The number of benzene rings is 2. The van der Waals surface area contributed by atoms with Crippen molar-refractivity contribution in [3.8, 4) is 0 Å². The van der Waals surface area contributed by atoms with E-state index < -0.39 is 5.97 Å². The van der Waals surface area contributed by atoms with Crippen molar-refractivity contribution in [2.75, 3.05) is 5.32 Å². The molecule has 0 saturated carbocycles. The molecule has 0 fully saturated rings. The summed E-state index contributed by atoms with van der Waals surface area (Å²) in [5.74, 6) is -0.272. The van der Waals surface area contributed by atoms with Crippen molar-refractivity contribution in [1.82, 2.24) is 0 Å². The zero-order valence-electron chi connectivity index (χ0n) is 13.3. The Morgan fingerprint density at radius 3 is 2.79 bits per heavy atom. The quantitative estimate of drug-likeness (QED) is 0.742. The van der Waals surface area contributed by atoms with E-state index in [0.29, 0.717) is 17.4 Å². The zero-order chi connectivity index (χ0) is 16.8. The summed E-state index contributed by atoms with van der Waals surface area (Å²) in [5, 5.41) is 13.9. The molecule has 0 amide bonds. The van der Waals surface area contributed by atoms with Crippen molar-refractivity contribution in [3.63, 3.8) is 0 Å². The van der Waals surface area contributed by atoms with Crippen LogP contribution in [0.15, 0.2) is 48.6 Å². The largest absolute Gasteiger partial charge is 0.478 e. The Hall–Kier alpha value is -2.26. The Morgan fingerprint density at radius 2 is 2.00 bits per heavy atom. The molecule has 0 radical (unpaired) electrons. The number of carbonyl (C=O) groups is 1. The molecule has 3 atom stereocenters. The minimum atomic E-state index is -0.886. The second-order valence-electron chi connectivity index (χ2n) is 6.50.